The largest absolute Gasteiger partial charge is 0.497 e. The third-order valence-corrected chi connectivity index (χ3v) is 6.00. The van der Waals surface area contributed by atoms with Crippen LogP contribution in [0.25, 0.3) is 0 Å². The van der Waals surface area contributed by atoms with Crippen molar-refractivity contribution < 1.29 is 51.0 Å². The number of alkyl halides is 5. The molecule has 2 aromatic rings. The van der Waals surface area contributed by atoms with E-state index in [0.717, 1.165) is 18.2 Å². The molecular weight excluding hydrogens is 571 g/mol. The second kappa shape index (κ2) is 13.9. The van der Waals surface area contributed by atoms with Crippen LogP contribution in [-0.2, 0) is 25.1 Å². The van der Waals surface area contributed by atoms with Gasteiger partial charge in [-0.1, -0.05) is 44.2 Å². The summed E-state index contributed by atoms with van der Waals surface area (Å²) >= 11 is 0. The van der Waals surface area contributed by atoms with E-state index >= 15 is 0 Å². The van der Waals surface area contributed by atoms with E-state index in [1.807, 2.05) is 5.32 Å². The predicted molar refractivity (Wildman–Crippen MR) is 136 cm³/mol. The van der Waals surface area contributed by atoms with E-state index in [2.05, 4.69) is 5.32 Å². The Morgan fingerprint density at radius 1 is 0.929 bits per heavy atom. The molecule has 10 nitrogen and oxygen atoms in total. The number of carbonyl (C=O) groups is 4. The monoisotopic (exact) mass is 598 g/mol. The maximum atomic E-state index is 14.9. The lowest BCUT2D eigenvalue weighted by atomic mass is 9.97. The number of nitrogens with one attached hydrogen (secondary N) is 3. The van der Waals surface area contributed by atoms with Crippen LogP contribution in [0, 0.1) is 17.2 Å². The molecule has 3 atom stereocenters. The molecule has 0 aliphatic carbocycles. The fraction of sp³-hybridized carbons (Fsp3) is 0.370. The highest BCUT2D eigenvalue weighted by Gasteiger charge is 2.46. The van der Waals surface area contributed by atoms with Crippen molar-refractivity contribution in [1.82, 2.24) is 16.0 Å². The third-order valence-electron chi connectivity index (χ3n) is 6.00. The molecule has 0 heterocycles. The van der Waals surface area contributed by atoms with Crippen LogP contribution in [-0.4, -0.2) is 60.6 Å². The predicted octanol–water partition coefficient (Wildman–Crippen LogP) is 2.27. The molecule has 0 spiro atoms. The van der Waals surface area contributed by atoms with Gasteiger partial charge < -0.3 is 25.8 Å². The minimum Gasteiger partial charge on any atom is -0.497 e. The highest BCUT2D eigenvalue weighted by molar-refractivity contribution is 5.97. The number of aliphatic hydroxyl groups excluding tert-OH is 1. The summed E-state index contributed by atoms with van der Waals surface area (Å²) in [5, 5.41) is 24.5. The van der Waals surface area contributed by atoms with Gasteiger partial charge in [-0.25, -0.2) is 0 Å². The van der Waals surface area contributed by atoms with Crippen molar-refractivity contribution in [3.8, 4) is 11.8 Å². The Kier molecular flexibility index (Phi) is 11.1. The Bertz CT molecular complexity index is 1340. The van der Waals surface area contributed by atoms with E-state index < -0.39 is 77.4 Å². The second-order valence-corrected chi connectivity index (χ2v) is 9.25. The van der Waals surface area contributed by atoms with Crippen molar-refractivity contribution in [3.05, 3.63) is 65.2 Å². The standard InChI is InChI=1S/C27H27F5N4O6/c1-14(2)20(22(38)27(30,31)32)35-24(40)21(15-8-10-17(42-3)11-9-15)36-23(39)19(13-37)34-25(41)26(28,29)18-7-5-4-6-16(18)12-33/h4-11,14,19-21,37H,13H2,1-3H3,(H,34,41)(H,35,40)(H,36,39). The summed E-state index contributed by atoms with van der Waals surface area (Å²) < 4.78 is 74.2. The third kappa shape index (κ3) is 8.00. The molecule has 3 amide bonds. The van der Waals surface area contributed by atoms with Gasteiger partial charge in [0.05, 0.1) is 31.4 Å². The van der Waals surface area contributed by atoms with E-state index in [4.69, 9.17) is 10.00 Å². The van der Waals surface area contributed by atoms with Gasteiger partial charge in [-0.05, 0) is 29.7 Å². The molecule has 0 aromatic heterocycles. The zero-order chi connectivity index (χ0) is 31.8. The Hall–Kier alpha value is -4.58. The Labute approximate surface area is 236 Å². The molecule has 0 bridgehead atoms. The number of Topliss-reactive ketones (excluding diaryl/α,β-unsaturated/α-hetero) is 1. The molecule has 2 aromatic carbocycles. The molecule has 0 aliphatic heterocycles. The Morgan fingerprint density at radius 2 is 1.52 bits per heavy atom. The minimum absolute atomic E-state index is 0.0279. The molecule has 0 aliphatic rings. The van der Waals surface area contributed by atoms with Crippen LogP contribution >= 0.6 is 0 Å². The highest BCUT2D eigenvalue weighted by atomic mass is 19.4. The SMILES string of the molecule is COc1ccc(C(NC(=O)C(CO)NC(=O)C(F)(F)c2ccccc2C#N)C(=O)NC(C(=O)C(F)(F)F)C(C)C)cc1. The van der Waals surface area contributed by atoms with Crippen LogP contribution in [0.1, 0.15) is 36.6 Å². The number of benzene rings is 2. The average molecular weight is 599 g/mol. The molecule has 3 unspecified atom stereocenters. The zero-order valence-electron chi connectivity index (χ0n) is 22.5. The van der Waals surface area contributed by atoms with Crippen LogP contribution in [0.3, 0.4) is 0 Å². The van der Waals surface area contributed by atoms with Gasteiger partial charge >= 0.3 is 12.1 Å². The number of amides is 3. The molecule has 0 saturated carbocycles. The molecule has 0 saturated heterocycles. The minimum atomic E-state index is -5.29. The topological polar surface area (TPSA) is 158 Å². The summed E-state index contributed by atoms with van der Waals surface area (Å²) in [6, 6.07) is 5.13. The van der Waals surface area contributed by atoms with Gasteiger partial charge in [-0.15, -0.1) is 0 Å². The summed E-state index contributed by atoms with van der Waals surface area (Å²) in [6.45, 7) is 1.26. The van der Waals surface area contributed by atoms with E-state index in [0.29, 0.717) is 5.75 Å². The number of hydrogen-bond donors (Lipinski definition) is 4. The molecule has 15 heteroatoms. The first-order valence-electron chi connectivity index (χ1n) is 12.2. The molecular formula is C27H27F5N4O6. The summed E-state index contributed by atoms with van der Waals surface area (Å²) in [4.78, 5) is 50.5. The summed E-state index contributed by atoms with van der Waals surface area (Å²) in [5.74, 6) is -12.0. The molecule has 0 fully saturated rings. The van der Waals surface area contributed by atoms with Crippen LogP contribution in [0.2, 0.25) is 0 Å². The fourth-order valence-corrected chi connectivity index (χ4v) is 3.71. The van der Waals surface area contributed by atoms with Crippen LogP contribution in [0.5, 0.6) is 5.75 Å². The Morgan fingerprint density at radius 3 is 2.02 bits per heavy atom. The number of nitrogens with zero attached hydrogens (tertiary/aromatic N) is 1. The van der Waals surface area contributed by atoms with Gasteiger partial charge in [0.25, 0.3) is 11.7 Å². The first-order chi connectivity index (χ1) is 19.6. The summed E-state index contributed by atoms with van der Waals surface area (Å²) in [5.41, 5.74) is -1.52. The van der Waals surface area contributed by atoms with Crippen molar-refractivity contribution >= 4 is 23.5 Å². The molecule has 0 radical (unpaired) electrons. The number of hydrogen-bond acceptors (Lipinski definition) is 7. The van der Waals surface area contributed by atoms with E-state index in [1.165, 1.54) is 57.4 Å². The number of halogens is 5. The number of ether oxygens (including phenoxy) is 1. The van der Waals surface area contributed by atoms with E-state index in [-0.39, 0.29) is 5.56 Å². The first kappa shape index (κ1) is 33.6. The molecule has 42 heavy (non-hydrogen) atoms. The average Bonchev–Trinajstić information content (AvgIpc) is 2.95. The van der Waals surface area contributed by atoms with Crippen molar-refractivity contribution in [3.63, 3.8) is 0 Å². The number of nitriles is 1. The lowest BCUT2D eigenvalue weighted by molar-refractivity contribution is -0.175. The number of ketones is 1. The van der Waals surface area contributed by atoms with E-state index in [1.54, 1.807) is 5.32 Å². The Balaban J connectivity index is 2.37. The van der Waals surface area contributed by atoms with Crippen molar-refractivity contribution in [2.75, 3.05) is 13.7 Å². The van der Waals surface area contributed by atoms with Gasteiger partial charge in [-0.2, -0.15) is 27.2 Å². The smallest absolute Gasteiger partial charge is 0.452 e. The summed E-state index contributed by atoms with van der Waals surface area (Å²) in [6.07, 6.45) is -5.29. The molecule has 2 rings (SSSR count). The van der Waals surface area contributed by atoms with Gasteiger partial charge in [0.15, 0.2) is 0 Å². The van der Waals surface area contributed by atoms with Crippen LogP contribution < -0.4 is 20.7 Å². The fourth-order valence-electron chi connectivity index (χ4n) is 3.71. The molecule has 226 valence electrons. The number of carbonyl (C=O) groups excluding carboxylic acids is 4. The van der Waals surface area contributed by atoms with Gasteiger partial charge in [0.2, 0.25) is 11.8 Å². The van der Waals surface area contributed by atoms with Crippen molar-refractivity contribution in [1.29, 1.82) is 5.26 Å². The first-order valence-corrected chi connectivity index (χ1v) is 12.2. The van der Waals surface area contributed by atoms with Crippen molar-refractivity contribution in [2.24, 2.45) is 5.92 Å². The van der Waals surface area contributed by atoms with Gasteiger partial charge in [-0.3, -0.25) is 19.2 Å². The second-order valence-electron chi connectivity index (χ2n) is 9.25. The van der Waals surface area contributed by atoms with Gasteiger partial charge in [0, 0.05) is 5.56 Å². The van der Waals surface area contributed by atoms with Gasteiger partial charge in [0.1, 0.15) is 17.8 Å². The zero-order valence-corrected chi connectivity index (χ0v) is 22.5. The van der Waals surface area contributed by atoms with E-state index in [9.17, 15) is 46.2 Å². The maximum absolute atomic E-state index is 14.9. The lowest BCUT2D eigenvalue weighted by Crippen LogP contribution is -2.56. The van der Waals surface area contributed by atoms with Crippen LogP contribution in [0.15, 0.2) is 48.5 Å². The quantitative estimate of drug-likeness (QED) is 0.273. The van der Waals surface area contributed by atoms with Crippen molar-refractivity contribution in [2.45, 2.75) is 44.1 Å². The van der Waals surface area contributed by atoms with Crippen LogP contribution in [0.4, 0.5) is 22.0 Å². The number of rotatable bonds is 12. The summed E-state index contributed by atoms with van der Waals surface area (Å²) in [7, 11) is 1.33. The normalized spacial score (nSPS) is 13.7. The highest BCUT2D eigenvalue weighted by Crippen LogP contribution is 2.31. The maximum Gasteiger partial charge on any atom is 0.452 e. The number of methoxy groups -OCH3 is 1. The molecule has 4 N–H and O–H groups in total. The lowest BCUT2D eigenvalue weighted by Gasteiger charge is -2.27. The number of aliphatic hydroxyl groups is 1.